The summed E-state index contributed by atoms with van der Waals surface area (Å²) in [6, 6.07) is 10.1. The van der Waals surface area contributed by atoms with Gasteiger partial charge in [0.15, 0.2) is 0 Å². The molecular formula is C14H11F3O4S2. The van der Waals surface area contributed by atoms with E-state index in [0.717, 1.165) is 29.8 Å². The zero-order valence-electron chi connectivity index (χ0n) is 11.7. The molecule has 0 fully saturated rings. The van der Waals surface area contributed by atoms with Gasteiger partial charge in [-0.05, 0) is 43.3 Å². The largest absolute Gasteiger partial charge is 0.416 e. The van der Waals surface area contributed by atoms with Crippen LogP contribution in [0, 0.1) is 6.92 Å². The molecule has 4 nitrogen and oxygen atoms in total. The molecule has 0 radical (unpaired) electrons. The van der Waals surface area contributed by atoms with Gasteiger partial charge >= 0.3 is 17.5 Å². The fourth-order valence-corrected chi connectivity index (χ4v) is 2.99. The highest BCUT2D eigenvalue weighted by Crippen LogP contribution is 2.30. The Morgan fingerprint density at radius 3 is 2.00 bits per heavy atom. The van der Waals surface area contributed by atoms with Crippen molar-refractivity contribution >= 4 is 22.4 Å². The van der Waals surface area contributed by atoms with E-state index in [4.69, 9.17) is 4.18 Å². The lowest BCUT2D eigenvalue weighted by molar-refractivity contribution is -0.137. The van der Waals surface area contributed by atoms with E-state index in [1.807, 2.05) is 6.92 Å². The van der Waals surface area contributed by atoms with Crippen molar-refractivity contribution in [2.45, 2.75) is 18.0 Å². The Kier molecular flexibility index (Phi) is 5.55. The first kappa shape index (κ1) is 17.6. The quantitative estimate of drug-likeness (QED) is 0.812. The average Bonchev–Trinajstić information content (AvgIpc) is 2.47. The van der Waals surface area contributed by atoms with Crippen molar-refractivity contribution < 1.29 is 29.4 Å². The zero-order valence-corrected chi connectivity index (χ0v) is 13.3. The number of hydrogen-bond donors (Lipinski definition) is 0. The van der Waals surface area contributed by atoms with Crippen LogP contribution in [0.3, 0.4) is 0 Å². The Morgan fingerprint density at radius 2 is 1.48 bits per heavy atom. The van der Waals surface area contributed by atoms with Crippen LogP contribution < -0.4 is 4.18 Å². The predicted molar refractivity (Wildman–Crippen MR) is 78.9 cm³/mol. The minimum Gasteiger partial charge on any atom is -0.379 e. The van der Waals surface area contributed by atoms with Crippen molar-refractivity contribution in [3.8, 4) is 5.75 Å². The van der Waals surface area contributed by atoms with Gasteiger partial charge in [0.05, 0.1) is 10.5 Å². The molecule has 23 heavy (non-hydrogen) atoms. The molecule has 0 saturated carbocycles. The standard InChI is InChI=1S/C14H11F3O4S2/c1-10-2-8-13(9-3-10)22(18)21-23(19)20-12-6-4-11(5-7-12)14(15,16)17/h2-9H,1H3. The van der Waals surface area contributed by atoms with Crippen LogP contribution in [0.25, 0.3) is 0 Å². The summed E-state index contributed by atoms with van der Waals surface area (Å²) in [4.78, 5) is 0.292. The molecule has 0 aliphatic carbocycles. The third kappa shape index (κ3) is 5.15. The van der Waals surface area contributed by atoms with Gasteiger partial charge in [-0.2, -0.15) is 21.0 Å². The second kappa shape index (κ2) is 7.24. The highest BCUT2D eigenvalue weighted by molar-refractivity contribution is 7.91. The first-order valence-corrected chi connectivity index (χ1v) is 8.28. The molecule has 2 atom stereocenters. The monoisotopic (exact) mass is 364 g/mol. The number of halogens is 3. The van der Waals surface area contributed by atoms with Gasteiger partial charge in [0, 0.05) is 0 Å². The van der Waals surface area contributed by atoms with Crippen LogP contribution in [0.4, 0.5) is 13.2 Å². The third-order valence-corrected chi connectivity index (χ3v) is 4.60. The predicted octanol–water partition coefficient (Wildman–Crippen LogP) is 3.71. The molecule has 0 amide bonds. The molecule has 9 heteroatoms. The van der Waals surface area contributed by atoms with Gasteiger partial charge in [-0.1, -0.05) is 17.7 Å². The summed E-state index contributed by atoms with van der Waals surface area (Å²) in [6.45, 7) is 1.85. The smallest absolute Gasteiger partial charge is 0.379 e. The van der Waals surface area contributed by atoms with Crippen molar-refractivity contribution in [3.05, 3.63) is 59.7 Å². The molecule has 0 aromatic heterocycles. The van der Waals surface area contributed by atoms with E-state index in [2.05, 4.69) is 3.63 Å². The maximum Gasteiger partial charge on any atom is 0.416 e. The minimum atomic E-state index is -4.47. The van der Waals surface area contributed by atoms with Crippen molar-refractivity contribution in [3.63, 3.8) is 0 Å². The normalized spacial score (nSPS) is 14.3. The molecule has 0 heterocycles. The van der Waals surface area contributed by atoms with Crippen molar-refractivity contribution in [1.82, 2.24) is 0 Å². The van der Waals surface area contributed by atoms with E-state index in [1.54, 1.807) is 24.3 Å². The van der Waals surface area contributed by atoms with Gasteiger partial charge in [0.2, 0.25) is 11.1 Å². The van der Waals surface area contributed by atoms with E-state index in [1.165, 1.54) is 0 Å². The van der Waals surface area contributed by atoms with Gasteiger partial charge in [-0.25, -0.2) is 4.21 Å². The molecule has 0 N–H and O–H groups in total. The zero-order chi connectivity index (χ0) is 17.0. The maximum absolute atomic E-state index is 12.4. The molecule has 2 aromatic rings. The summed E-state index contributed by atoms with van der Waals surface area (Å²) in [5.74, 6) is -0.0998. The first-order valence-electron chi connectivity index (χ1n) is 6.20. The first-order chi connectivity index (χ1) is 10.8. The van der Waals surface area contributed by atoms with Gasteiger partial charge < -0.3 is 4.18 Å². The Bertz CT molecular complexity index is 712. The molecule has 2 rings (SSSR count). The fourth-order valence-electron chi connectivity index (χ4n) is 1.53. The minimum absolute atomic E-state index is 0.0998. The van der Waals surface area contributed by atoms with Gasteiger partial charge in [-0.3, -0.25) is 0 Å². The van der Waals surface area contributed by atoms with E-state index in [-0.39, 0.29) is 5.75 Å². The Morgan fingerprint density at radius 1 is 0.913 bits per heavy atom. The van der Waals surface area contributed by atoms with Gasteiger partial charge in [-0.15, -0.1) is 0 Å². The molecule has 2 unspecified atom stereocenters. The van der Waals surface area contributed by atoms with Crippen molar-refractivity contribution in [1.29, 1.82) is 0 Å². The average molecular weight is 364 g/mol. The lowest BCUT2D eigenvalue weighted by Gasteiger charge is -2.08. The Hall–Kier alpha value is -1.71. The molecule has 2 aromatic carbocycles. The van der Waals surface area contributed by atoms with Crippen LogP contribution in [0.2, 0.25) is 0 Å². The Balaban J connectivity index is 1.96. The topological polar surface area (TPSA) is 52.6 Å². The van der Waals surface area contributed by atoms with Crippen molar-refractivity contribution in [2.24, 2.45) is 0 Å². The summed E-state index contributed by atoms with van der Waals surface area (Å²) < 4.78 is 70.1. The molecule has 0 aliphatic rings. The van der Waals surface area contributed by atoms with Crippen LogP contribution in [-0.2, 0) is 32.2 Å². The number of aryl methyl sites for hydroxylation is 1. The van der Waals surface area contributed by atoms with Gasteiger partial charge in [0.1, 0.15) is 5.75 Å². The summed E-state index contributed by atoms with van der Waals surface area (Å²) >= 11 is -4.44. The Labute approximate surface area is 135 Å². The highest BCUT2D eigenvalue weighted by atomic mass is 32.3. The SMILES string of the molecule is Cc1ccc(S(=O)OS(=O)Oc2ccc(C(F)(F)F)cc2)cc1. The second-order valence-corrected chi connectivity index (χ2v) is 6.49. The van der Waals surface area contributed by atoms with Gasteiger partial charge in [0.25, 0.3) is 0 Å². The fraction of sp³-hybridized carbons (Fsp3) is 0.143. The number of hydrogen-bond acceptors (Lipinski definition) is 4. The number of rotatable bonds is 5. The molecule has 0 bridgehead atoms. The number of benzene rings is 2. The van der Waals surface area contributed by atoms with Crippen LogP contribution >= 0.6 is 0 Å². The summed E-state index contributed by atoms with van der Waals surface area (Å²) in [7, 11) is 0. The maximum atomic E-state index is 12.4. The molecule has 0 aliphatic heterocycles. The third-order valence-electron chi connectivity index (χ3n) is 2.68. The highest BCUT2D eigenvalue weighted by Gasteiger charge is 2.30. The number of alkyl halides is 3. The van der Waals surface area contributed by atoms with Crippen LogP contribution in [-0.4, -0.2) is 8.42 Å². The van der Waals surface area contributed by atoms with E-state index >= 15 is 0 Å². The lowest BCUT2D eigenvalue weighted by Crippen LogP contribution is -2.08. The van der Waals surface area contributed by atoms with Crippen LogP contribution in [0.5, 0.6) is 5.75 Å². The van der Waals surface area contributed by atoms with E-state index in [9.17, 15) is 21.6 Å². The second-order valence-electron chi connectivity index (χ2n) is 4.43. The molecule has 0 spiro atoms. The van der Waals surface area contributed by atoms with E-state index in [0.29, 0.717) is 4.90 Å². The van der Waals surface area contributed by atoms with Crippen LogP contribution in [0.1, 0.15) is 11.1 Å². The molecule has 124 valence electrons. The summed E-state index contributed by atoms with van der Waals surface area (Å²) in [6.07, 6.45) is -4.47. The molecular weight excluding hydrogens is 353 g/mol. The van der Waals surface area contributed by atoms with Crippen molar-refractivity contribution in [2.75, 3.05) is 0 Å². The van der Waals surface area contributed by atoms with Crippen LogP contribution in [0.15, 0.2) is 53.4 Å². The van der Waals surface area contributed by atoms with E-state index < -0.39 is 34.2 Å². The summed E-state index contributed by atoms with van der Waals surface area (Å²) in [5, 5.41) is 0. The lowest BCUT2D eigenvalue weighted by atomic mass is 10.2. The summed E-state index contributed by atoms with van der Waals surface area (Å²) in [5.41, 5.74) is 0.0904. The molecule has 0 saturated heterocycles.